The molecule has 0 saturated carbocycles. The largest absolute Gasteiger partial charge is 0.486 e. The molecule has 3 heteroatoms. The fraction of sp³-hybridized carbons (Fsp3) is 0.333. The zero-order chi connectivity index (χ0) is 15.1. The fourth-order valence-electron chi connectivity index (χ4n) is 2.16. The normalized spacial score (nSPS) is 12.1. The summed E-state index contributed by atoms with van der Waals surface area (Å²) in [6.07, 6.45) is 1.18. The third-order valence-corrected chi connectivity index (χ3v) is 4.11. The molecule has 0 aromatic heterocycles. The van der Waals surface area contributed by atoms with Gasteiger partial charge in [-0.05, 0) is 49.2 Å². The van der Waals surface area contributed by atoms with Crippen LogP contribution in [-0.4, -0.2) is 6.54 Å². The van der Waals surface area contributed by atoms with E-state index in [1.165, 1.54) is 11.1 Å². The second-order valence-electron chi connectivity index (χ2n) is 5.10. The van der Waals surface area contributed by atoms with E-state index >= 15 is 0 Å². The lowest BCUT2D eigenvalue weighted by molar-refractivity contribution is 0.226. The van der Waals surface area contributed by atoms with Gasteiger partial charge < -0.3 is 10.1 Å². The Kier molecular flexibility index (Phi) is 6.27. The Morgan fingerprint density at radius 2 is 1.90 bits per heavy atom. The highest BCUT2D eigenvalue weighted by molar-refractivity contribution is 9.10. The first-order chi connectivity index (χ1) is 10.2. The van der Waals surface area contributed by atoms with Gasteiger partial charge in [0.1, 0.15) is 11.9 Å². The van der Waals surface area contributed by atoms with E-state index in [9.17, 15) is 0 Å². The van der Waals surface area contributed by atoms with E-state index in [0.717, 1.165) is 29.7 Å². The summed E-state index contributed by atoms with van der Waals surface area (Å²) in [5, 5.41) is 3.42. The van der Waals surface area contributed by atoms with E-state index in [0.29, 0.717) is 0 Å². The Morgan fingerprint density at radius 3 is 2.62 bits per heavy atom. The molecule has 0 aliphatic rings. The van der Waals surface area contributed by atoms with Crippen LogP contribution < -0.4 is 10.1 Å². The van der Waals surface area contributed by atoms with Gasteiger partial charge in [0.15, 0.2) is 0 Å². The van der Waals surface area contributed by atoms with Gasteiger partial charge in [-0.3, -0.25) is 0 Å². The van der Waals surface area contributed by atoms with Gasteiger partial charge in [-0.1, -0.05) is 53.2 Å². The molecule has 2 rings (SSSR count). The maximum Gasteiger partial charge on any atom is 0.121 e. The average molecular weight is 348 g/mol. The number of rotatable bonds is 7. The summed E-state index contributed by atoms with van der Waals surface area (Å²) in [6.45, 7) is 6.12. The van der Waals surface area contributed by atoms with Crippen molar-refractivity contribution >= 4 is 15.9 Å². The van der Waals surface area contributed by atoms with Crippen molar-refractivity contribution in [3.63, 3.8) is 0 Å². The maximum absolute atomic E-state index is 6.05. The van der Waals surface area contributed by atoms with Crippen molar-refractivity contribution in [3.05, 3.63) is 64.1 Å². The molecule has 0 aliphatic heterocycles. The molecule has 0 radical (unpaired) electrons. The predicted molar refractivity (Wildman–Crippen MR) is 91.6 cm³/mol. The average Bonchev–Trinajstić information content (AvgIpc) is 2.51. The van der Waals surface area contributed by atoms with E-state index in [-0.39, 0.29) is 6.10 Å². The first kappa shape index (κ1) is 16.1. The van der Waals surface area contributed by atoms with Crippen LogP contribution >= 0.6 is 15.9 Å². The van der Waals surface area contributed by atoms with Gasteiger partial charge in [0.2, 0.25) is 0 Å². The van der Waals surface area contributed by atoms with Crippen molar-refractivity contribution in [2.24, 2.45) is 0 Å². The van der Waals surface area contributed by atoms with Gasteiger partial charge in [-0.2, -0.15) is 0 Å². The summed E-state index contributed by atoms with van der Waals surface area (Å²) >= 11 is 3.60. The number of halogens is 1. The third-order valence-electron chi connectivity index (χ3n) is 3.34. The minimum Gasteiger partial charge on any atom is -0.486 e. The predicted octanol–water partition coefficient (Wildman–Crippen LogP) is 5.09. The second-order valence-corrected chi connectivity index (χ2v) is 5.96. The summed E-state index contributed by atoms with van der Waals surface area (Å²) < 4.78 is 7.17. The minimum absolute atomic E-state index is 0.0452. The summed E-state index contributed by atoms with van der Waals surface area (Å²) in [5.41, 5.74) is 2.41. The van der Waals surface area contributed by atoms with Crippen molar-refractivity contribution in [2.45, 2.75) is 32.9 Å². The second kappa shape index (κ2) is 8.20. The van der Waals surface area contributed by atoms with E-state index in [2.05, 4.69) is 59.4 Å². The molecule has 2 aromatic carbocycles. The van der Waals surface area contributed by atoms with Crippen LogP contribution in [0, 0.1) is 0 Å². The molecule has 2 nitrogen and oxygen atoms in total. The molecule has 0 amide bonds. The molecule has 0 bridgehead atoms. The van der Waals surface area contributed by atoms with E-state index in [1.54, 1.807) is 0 Å². The maximum atomic E-state index is 6.05. The Labute approximate surface area is 135 Å². The van der Waals surface area contributed by atoms with Crippen molar-refractivity contribution < 1.29 is 4.74 Å². The number of hydrogen-bond acceptors (Lipinski definition) is 2. The lowest BCUT2D eigenvalue weighted by atomic mass is 10.1. The first-order valence-electron chi connectivity index (χ1n) is 7.41. The van der Waals surface area contributed by atoms with E-state index in [1.807, 2.05) is 24.3 Å². The van der Waals surface area contributed by atoms with Gasteiger partial charge in [-0.15, -0.1) is 0 Å². The van der Waals surface area contributed by atoms with Gasteiger partial charge in [0, 0.05) is 11.0 Å². The Hall–Kier alpha value is -1.32. The lowest BCUT2D eigenvalue weighted by Gasteiger charge is -2.16. The van der Waals surface area contributed by atoms with Crippen molar-refractivity contribution in [1.29, 1.82) is 0 Å². The Morgan fingerprint density at radius 1 is 1.14 bits per heavy atom. The van der Waals surface area contributed by atoms with Crippen LogP contribution in [0.2, 0.25) is 0 Å². The SMILES string of the molecule is CCCNCc1cc(OC(C)c2ccccc2)ccc1Br. The number of hydrogen-bond donors (Lipinski definition) is 1. The zero-order valence-corrected chi connectivity index (χ0v) is 14.2. The fourth-order valence-corrected chi connectivity index (χ4v) is 2.54. The van der Waals surface area contributed by atoms with E-state index in [4.69, 9.17) is 4.74 Å². The topological polar surface area (TPSA) is 21.3 Å². The van der Waals surface area contributed by atoms with Crippen molar-refractivity contribution in [1.82, 2.24) is 5.32 Å². The number of ether oxygens (including phenoxy) is 1. The number of benzene rings is 2. The standard InChI is InChI=1S/C18H22BrNO/c1-3-11-20-13-16-12-17(9-10-18(16)19)21-14(2)15-7-5-4-6-8-15/h4-10,12,14,20H,3,11,13H2,1-2H3. The summed E-state index contributed by atoms with van der Waals surface area (Å²) in [7, 11) is 0. The summed E-state index contributed by atoms with van der Waals surface area (Å²) in [5.74, 6) is 0.905. The zero-order valence-electron chi connectivity index (χ0n) is 12.6. The molecule has 0 saturated heterocycles. The molecular formula is C18H22BrNO. The van der Waals surface area contributed by atoms with Gasteiger partial charge >= 0.3 is 0 Å². The quantitative estimate of drug-likeness (QED) is 0.704. The van der Waals surface area contributed by atoms with Crippen LogP contribution in [0.15, 0.2) is 53.0 Å². The van der Waals surface area contributed by atoms with Gasteiger partial charge in [0.05, 0.1) is 0 Å². The van der Waals surface area contributed by atoms with Gasteiger partial charge in [0.25, 0.3) is 0 Å². The lowest BCUT2D eigenvalue weighted by Crippen LogP contribution is -2.14. The highest BCUT2D eigenvalue weighted by atomic mass is 79.9. The molecule has 0 spiro atoms. The molecule has 1 N–H and O–H groups in total. The van der Waals surface area contributed by atoms with Crippen LogP contribution in [0.3, 0.4) is 0 Å². The van der Waals surface area contributed by atoms with Crippen molar-refractivity contribution in [2.75, 3.05) is 6.54 Å². The molecular weight excluding hydrogens is 326 g/mol. The van der Waals surface area contributed by atoms with Crippen LogP contribution in [0.25, 0.3) is 0 Å². The van der Waals surface area contributed by atoms with Crippen LogP contribution in [0.1, 0.15) is 37.5 Å². The molecule has 112 valence electrons. The number of nitrogens with one attached hydrogen (secondary N) is 1. The molecule has 0 fully saturated rings. The van der Waals surface area contributed by atoms with E-state index < -0.39 is 0 Å². The molecule has 1 unspecified atom stereocenters. The molecule has 21 heavy (non-hydrogen) atoms. The highest BCUT2D eigenvalue weighted by Crippen LogP contribution is 2.26. The summed E-state index contributed by atoms with van der Waals surface area (Å²) in [4.78, 5) is 0. The van der Waals surface area contributed by atoms with Crippen molar-refractivity contribution in [3.8, 4) is 5.75 Å². The minimum atomic E-state index is 0.0452. The molecule has 1 atom stereocenters. The Balaban J connectivity index is 2.04. The van der Waals surface area contributed by atoms with Crippen LogP contribution in [-0.2, 0) is 6.54 Å². The Bertz CT molecular complexity index is 556. The monoisotopic (exact) mass is 347 g/mol. The highest BCUT2D eigenvalue weighted by Gasteiger charge is 2.08. The molecule has 0 heterocycles. The third kappa shape index (κ3) is 4.87. The molecule has 2 aromatic rings. The van der Waals surface area contributed by atoms with Crippen LogP contribution in [0.5, 0.6) is 5.75 Å². The van der Waals surface area contributed by atoms with Gasteiger partial charge in [-0.25, -0.2) is 0 Å². The molecule has 0 aliphatic carbocycles. The first-order valence-corrected chi connectivity index (χ1v) is 8.20. The smallest absolute Gasteiger partial charge is 0.121 e. The summed E-state index contributed by atoms with van der Waals surface area (Å²) in [6, 6.07) is 16.4. The van der Waals surface area contributed by atoms with Crippen LogP contribution in [0.4, 0.5) is 0 Å².